The molecule has 73 heavy (non-hydrogen) atoms. The molecule has 0 aliphatic heterocycles. The first kappa shape index (κ1) is 70.1. The zero-order chi connectivity index (χ0) is 52.7. The summed E-state index contributed by atoms with van der Waals surface area (Å²) < 4.78 is 10.7. The van der Waals surface area contributed by atoms with Crippen LogP contribution in [0.3, 0.4) is 0 Å². The number of allylic oxidation sites excluding steroid dienone is 14. The van der Waals surface area contributed by atoms with E-state index in [4.69, 9.17) is 9.47 Å². The normalized spacial score (nSPS) is 12.8. The highest BCUT2D eigenvalue weighted by Crippen LogP contribution is 2.17. The zero-order valence-corrected chi connectivity index (χ0v) is 48.4. The topological polar surface area (TPSA) is 72.8 Å². The van der Waals surface area contributed by atoms with Gasteiger partial charge in [-0.05, 0) is 70.6 Å². The van der Waals surface area contributed by atoms with E-state index in [-0.39, 0.29) is 25.2 Å². The van der Waals surface area contributed by atoms with Crippen LogP contribution in [0.4, 0.5) is 0 Å². The average Bonchev–Trinajstić information content (AvgIpc) is 3.39. The lowest BCUT2D eigenvalue weighted by Crippen LogP contribution is -2.28. The quantitative estimate of drug-likeness (QED) is 0.0373. The Balaban J connectivity index is 3.48. The first-order valence-corrected chi connectivity index (χ1v) is 31.6. The predicted molar refractivity (Wildman–Crippen MR) is 320 cm³/mol. The molecule has 0 bridgehead atoms. The number of unbranched alkanes of at least 4 members (excludes halogenated alkanes) is 36. The highest BCUT2D eigenvalue weighted by Gasteiger charge is 2.16. The van der Waals surface area contributed by atoms with Crippen molar-refractivity contribution >= 4 is 11.9 Å². The van der Waals surface area contributed by atoms with Gasteiger partial charge in [0, 0.05) is 12.8 Å². The van der Waals surface area contributed by atoms with Crippen LogP contribution < -0.4 is 0 Å². The van der Waals surface area contributed by atoms with E-state index in [0.29, 0.717) is 12.8 Å². The second-order valence-corrected chi connectivity index (χ2v) is 21.1. The highest BCUT2D eigenvalue weighted by molar-refractivity contribution is 5.70. The minimum atomic E-state index is -0.775. The molecule has 1 atom stereocenters. The van der Waals surface area contributed by atoms with Crippen LogP contribution in [0.2, 0.25) is 0 Å². The maximum absolute atomic E-state index is 12.3. The first-order valence-electron chi connectivity index (χ1n) is 31.6. The van der Waals surface area contributed by atoms with Crippen LogP contribution in [0.5, 0.6) is 0 Å². The van der Waals surface area contributed by atoms with Gasteiger partial charge in [0.05, 0.1) is 6.61 Å². The second kappa shape index (κ2) is 63.4. The third-order valence-electron chi connectivity index (χ3n) is 14.0. The smallest absolute Gasteiger partial charge is 0.306 e. The fourth-order valence-electron chi connectivity index (χ4n) is 9.25. The molecule has 0 saturated carbocycles. The number of esters is 2. The van der Waals surface area contributed by atoms with E-state index in [1.165, 1.54) is 205 Å². The number of aliphatic hydroxyl groups excluding tert-OH is 1. The van der Waals surface area contributed by atoms with Crippen molar-refractivity contribution in [3.8, 4) is 0 Å². The highest BCUT2D eigenvalue weighted by atomic mass is 16.6. The summed E-state index contributed by atoms with van der Waals surface area (Å²) in [5.74, 6) is -0.579. The van der Waals surface area contributed by atoms with Gasteiger partial charge in [-0.25, -0.2) is 0 Å². The van der Waals surface area contributed by atoms with Gasteiger partial charge in [-0.1, -0.05) is 317 Å². The number of rotatable bonds is 58. The molecule has 0 spiro atoms. The summed E-state index contributed by atoms with van der Waals surface area (Å²) in [4.78, 5) is 24.6. The molecule has 0 amide bonds. The van der Waals surface area contributed by atoms with Crippen molar-refractivity contribution in [2.45, 2.75) is 322 Å². The molecule has 0 aliphatic carbocycles. The lowest BCUT2D eigenvalue weighted by molar-refractivity contribution is -0.161. The Kier molecular flexibility index (Phi) is 60.8. The largest absolute Gasteiger partial charge is 0.462 e. The Morgan fingerprint density at radius 3 is 0.890 bits per heavy atom. The molecule has 0 aromatic heterocycles. The Morgan fingerprint density at radius 1 is 0.329 bits per heavy atom. The fourth-order valence-corrected chi connectivity index (χ4v) is 9.25. The zero-order valence-electron chi connectivity index (χ0n) is 48.4. The van der Waals surface area contributed by atoms with Gasteiger partial charge in [0.15, 0.2) is 6.10 Å². The van der Waals surface area contributed by atoms with Crippen molar-refractivity contribution in [2.24, 2.45) is 0 Å². The molecule has 0 radical (unpaired) electrons. The SMILES string of the molecule is CC/C=C\C/C=C\C/C=C\C/C=C\C/C=C\C/C=C\C/C=C\CCCCCCCCCCCCCCCC(=O)OC(CO)COC(=O)CCCCCCCCCCCCCCCCCCCCCCCCCC. The summed E-state index contributed by atoms with van der Waals surface area (Å²) >= 11 is 0. The Labute approximate surface area is 454 Å². The maximum Gasteiger partial charge on any atom is 0.306 e. The van der Waals surface area contributed by atoms with Crippen molar-refractivity contribution in [1.29, 1.82) is 0 Å². The van der Waals surface area contributed by atoms with Crippen molar-refractivity contribution < 1.29 is 24.2 Å². The fraction of sp³-hybridized carbons (Fsp3) is 0.765. The number of hydrogen-bond acceptors (Lipinski definition) is 5. The minimum absolute atomic E-state index is 0.0646. The molecular formula is C68H120O5. The van der Waals surface area contributed by atoms with Gasteiger partial charge in [-0.3, -0.25) is 9.59 Å². The van der Waals surface area contributed by atoms with Crippen LogP contribution in [-0.4, -0.2) is 36.4 Å². The third-order valence-corrected chi connectivity index (χ3v) is 14.0. The molecule has 0 aliphatic rings. The Bertz CT molecular complexity index is 1340. The molecule has 0 aromatic carbocycles. The Hall–Kier alpha value is -2.92. The summed E-state index contributed by atoms with van der Waals surface area (Å²) in [6, 6.07) is 0. The lowest BCUT2D eigenvalue weighted by Gasteiger charge is -2.15. The van der Waals surface area contributed by atoms with Crippen LogP contribution in [0.25, 0.3) is 0 Å². The molecule has 0 saturated heterocycles. The molecule has 1 N–H and O–H groups in total. The molecule has 0 heterocycles. The van der Waals surface area contributed by atoms with E-state index in [1.807, 2.05) is 0 Å². The predicted octanol–water partition coefficient (Wildman–Crippen LogP) is 21.7. The summed E-state index contributed by atoms with van der Waals surface area (Å²) in [5, 5.41) is 9.68. The van der Waals surface area contributed by atoms with Crippen LogP contribution >= 0.6 is 0 Å². The summed E-state index contributed by atoms with van der Waals surface area (Å²) in [7, 11) is 0. The molecule has 5 heteroatoms. The molecule has 1 unspecified atom stereocenters. The van der Waals surface area contributed by atoms with Crippen molar-refractivity contribution in [2.75, 3.05) is 13.2 Å². The molecule has 0 rings (SSSR count). The minimum Gasteiger partial charge on any atom is -0.462 e. The van der Waals surface area contributed by atoms with E-state index >= 15 is 0 Å². The van der Waals surface area contributed by atoms with Gasteiger partial charge in [0.25, 0.3) is 0 Å². The first-order chi connectivity index (χ1) is 36.1. The molecule has 0 fully saturated rings. The monoisotopic (exact) mass is 1020 g/mol. The average molecular weight is 1020 g/mol. The van der Waals surface area contributed by atoms with Crippen molar-refractivity contribution in [1.82, 2.24) is 0 Å². The molecule has 0 aromatic rings. The molecular weight excluding hydrogens is 897 g/mol. The van der Waals surface area contributed by atoms with Crippen LogP contribution in [0.15, 0.2) is 85.1 Å². The molecule has 5 nitrogen and oxygen atoms in total. The number of carbonyl (C=O) groups is 2. The number of ether oxygens (including phenoxy) is 2. The van der Waals surface area contributed by atoms with Gasteiger partial charge < -0.3 is 14.6 Å². The number of carbonyl (C=O) groups excluding carboxylic acids is 2. The lowest BCUT2D eigenvalue weighted by atomic mass is 10.0. The van der Waals surface area contributed by atoms with Crippen molar-refractivity contribution in [3.05, 3.63) is 85.1 Å². The Morgan fingerprint density at radius 2 is 0.589 bits per heavy atom. The van der Waals surface area contributed by atoms with Gasteiger partial charge in [-0.15, -0.1) is 0 Å². The van der Waals surface area contributed by atoms with Gasteiger partial charge in [0.1, 0.15) is 6.61 Å². The van der Waals surface area contributed by atoms with Gasteiger partial charge in [0.2, 0.25) is 0 Å². The van der Waals surface area contributed by atoms with Crippen LogP contribution in [0.1, 0.15) is 316 Å². The summed E-state index contributed by atoms with van der Waals surface area (Å²) in [6.07, 6.45) is 88.7. The van der Waals surface area contributed by atoms with E-state index in [1.54, 1.807) is 0 Å². The number of hydrogen-bond donors (Lipinski definition) is 1. The third kappa shape index (κ3) is 61.5. The van der Waals surface area contributed by atoms with E-state index < -0.39 is 6.10 Å². The van der Waals surface area contributed by atoms with Crippen LogP contribution in [-0.2, 0) is 19.1 Å². The number of aliphatic hydroxyl groups is 1. The maximum atomic E-state index is 12.3. The standard InChI is InChI=1S/C68H120O5/c1-3-5-7-9-11-13-15-17-19-21-23-25-27-29-30-31-32-33-34-35-36-37-38-39-41-43-45-47-49-51-53-55-57-59-61-63-68(71)73-66(64-69)65-72-67(70)62-60-58-56-54-52-50-48-46-44-42-40-28-26-24-22-20-18-16-14-12-10-8-6-4-2/h5,7,11,13,17,19,23,25,29-30,32-33,35-36,66,69H,3-4,6,8-10,12,14-16,18,20-22,24,26-28,31,34,37-65H2,1-2H3/b7-5-,13-11-,19-17-,25-23-,30-29-,33-32-,36-35-. The van der Waals surface area contributed by atoms with Crippen LogP contribution in [0, 0.1) is 0 Å². The second-order valence-electron chi connectivity index (χ2n) is 21.1. The van der Waals surface area contributed by atoms with E-state index in [0.717, 1.165) is 83.5 Å². The van der Waals surface area contributed by atoms with Crippen molar-refractivity contribution in [3.63, 3.8) is 0 Å². The van der Waals surface area contributed by atoms with E-state index in [9.17, 15) is 14.7 Å². The van der Waals surface area contributed by atoms with Gasteiger partial charge >= 0.3 is 11.9 Å². The molecule has 422 valence electrons. The van der Waals surface area contributed by atoms with Gasteiger partial charge in [-0.2, -0.15) is 0 Å². The van der Waals surface area contributed by atoms with E-state index in [2.05, 4.69) is 98.9 Å². The summed E-state index contributed by atoms with van der Waals surface area (Å²) in [5.41, 5.74) is 0. The summed E-state index contributed by atoms with van der Waals surface area (Å²) in [6.45, 7) is 4.07.